The fourth-order valence-electron chi connectivity index (χ4n) is 3.36. The van der Waals surface area contributed by atoms with Crippen LogP contribution in [0.2, 0.25) is 0 Å². The normalized spacial score (nSPS) is 39.9. The highest BCUT2D eigenvalue weighted by atomic mass is 16.5. The van der Waals surface area contributed by atoms with Gasteiger partial charge in [0.1, 0.15) is 5.76 Å². The highest BCUT2D eigenvalue weighted by Gasteiger charge is 2.49. The lowest BCUT2D eigenvalue weighted by atomic mass is 9.60. The van der Waals surface area contributed by atoms with Crippen molar-refractivity contribution in [2.45, 2.75) is 32.5 Å². The second kappa shape index (κ2) is 4.28. The molecule has 5 heteroatoms. The second-order valence-electron chi connectivity index (χ2n) is 6.00. The fraction of sp³-hybridized carbons (Fsp3) is 0.533. The largest absolute Gasteiger partial charge is 0.423 e. The minimum atomic E-state index is -0.912. The van der Waals surface area contributed by atoms with Crippen LogP contribution >= 0.6 is 0 Å². The first-order valence-electron chi connectivity index (χ1n) is 6.74. The van der Waals surface area contributed by atoms with Crippen LogP contribution in [0.3, 0.4) is 0 Å². The maximum atomic E-state index is 11.7. The van der Waals surface area contributed by atoms with Gasteiger partial charge in [-0.15, -0.1) is 0 Å². The van der Waals surface area contributed by atoms with E-state index in [4.69, 9.17) is 4.74 Å². The molecule has 0 amide bonds. The summed E-state index contributed by atoms with van der Waals surface area (Å²) < 4.78 is 5.16. The summed E-state index contributed by atoms with van der Waals surface area (Å²) in [5.41, 5.74) is 1.50. The number of hydrogen-bond donors (Lipinski definition) is 3. The quantitative estimate of drug-likeness (QED) is 0.605. The predicted octanol–water partition coefficient (Wildman–Crippen LogP) is 0.424. The number of allylic oxidation sites excluding steroid dienone is 3. The average molecular weight is 278 g/mol. The van der Waals surface area contributed by atoms with Gasteiger partial charge in [0, 0.05) is 11.0 Å². The van der Waals surface area contributed by atoms with Crippen molar-refractivity contribution in [2.24, 2.45) is 11.3 Å². The number of hydrogen-bond acceptors (Lipinski definition) is 5. The third kappa shape index (κ3) is 1.63. The number of fused-ring (bicyclic) bond motifs is 2. The average Bonchev–Trinajstić information content (AvgIpc) is 2.70. The lowest BCUT2D eigenvalue weighted by Crippen LogP contribution is -2.46. The van der Waals surface area contributed by atoms with E-state index >= 15 is 0 Å². The molecule has 5 nitrogen and oxygen atoms in total. The van der Waals surface area contributed by atoms with E-state index in [0.29, 0.717) is 23.3 Å². The van der Waals surface area contributed by atoms with Crippen molar-refractivity contribution < 1.29 is 24.9 Å². The molecule has 20 heavy (non-hydrogen) atoms. The molecule has 1 heterocycles. The zero-order valence-electron chi connectivity index (χ0n) is 11.5. The highest BCUT2D eigenvalue weighted by molar-refractivity contribution is 5.95. The minimum Gasteiger partial charge on any atom is -0.423 e. The SMILES string of the molecule is C[C@H]1[C@@H](O)[C@@H](O)C=C2C=C3OC(=O)C(CO)=C3C[C@@]21C. The molecule has 1 aliphatic heterocycles. The van der Waals surface area contributed by atoms with Crippen LogP contribution in [-0.2, 0) is 9.53 Å². The molecular weight excluding hydrogens is 260 g/mol. The van der Waals surface area contributed by atoms with E-state index in [1.807, 2.05) is 13.8 Å². The molecule has 108 valence electrons. The van der Waals surface area contributed by atoms with E-state index in [-0.39, 0.29) is 17.9 Å². The lowest BCUT2D eigenvalue weighted by Gasteiger charge is -2.46. The van der Waals surface area contributed by atoms with E-state index in [1.165, 1.54) is 0 Å². The Balaban J connectivity index is 2.14. The summed E-state index contributed by atoms with van der Waals surface area (Å²) in [6, 6.07) is 0. The van der Waals surface area contributed by atoms with E-state index < -0.39 is 18.2 Å². The molecule has 0 unspecified atom stereocenters. The first-order valence-corrected chi connectivity index (χ1v) is 6.74. The van der Waals surface area contributed by atoms with Gasteiger partial charge in [-0.3, -0.25) is 0 Å². The molecule has 0 bridgehead atoms. The number of ether oxygens (including phenoxy) is 1. The van der Waals surface area contributed by atoms with Crippen molar-refractivity contribution in [3.05, 3.63) is 34.6 Å². The summed E-state index contributed by atoms with van der Waals surface area (Å²) in [6.07, 6.45) is 2.13. The Morgan fingerprint density at radius 1 is 1.45 bits per heavy atom. The van der Waals surface area contributed by atoms with Gasteiger partial charge in [0.2, 0.25) is 0 Å². The van der Waals surface area contributed by atoms with Crippen LogP contribution in [0.15, 0.2) is 34.6 Å². The van der Waals surface area contributed by atoms with Crippen LogP contribution in [0.25, 0.3) is 0 Å². The Morgan fingerprint density at radius 2 is 2.15 bits per heavy atom. The van der Waals surface area contributed by atoms with Crippen LogP contribution in [0, 0.1) is 11.3 Å². The van der Waals surface area contributed by atoms with Gasteiger partial charge in [-0.2, -0.15) is 0 Å². The van der Waals surface area contributed by atoms with E-state index in [1.54, 1.807) is 12.2 Å². The summed E-state index contributed by atoms with van der Waals surface area (Å²) in [7, 11) is 0. The van der Waals surface area contributed by atoms with Crippen molar-refractivity contribution in [2.75, 3.05) is 6.61 Å². The van der Waals surface area contributed by atoms with E-state index in [9.17, 15) is 20.1 Å². The van der Waals surface area contributed by atoms with Gasteiger partial charge < -0.3 is 20.1 Å². The monoisotopic (exact) mass is 278 g/mol. The van der Waals surface area contributed by atoms with Gasteiger partial charge in [-0.25, -0.2) is 4.79 Å². The number of rotatable bonds is 1. The van der Waals surface area contributed by atoms with Gasteiger partial charge in [0.05, 0.1) is 24.4 Å². The zero-order valence-corrected chi connectivity index (χ0v) is 11.5. The molecule has 2 aliphatic carbocycles. The molecule has 0 spiro atoms. The minimum absolute atomic E-state index is 0.168. The Bertz CT molecular complexity index is 571. The van der Waals surface area contributed by atoms with Gasteiger partial charge in [-0.05, 0) is 30.1 Å². The number of aliphatic hydroxyl groups is 3. The third-order valence-electron chi connectivity index (χ3n) is 4.98. The van der Waals surface area contributed by atoms with Crippen LogP contribution in [0.5, 0.6) is 0 Å². The maximum absolute atomic E-state index is 11.7. The molecule has 4 atom stereocenters. The summed E-state index contributed by atoms with van der Waals surface area (Å²) in [4.78, 5) is 11.7. The van der Waals surface area contributed by atoms with Crippen LogP contribution in [-0.4, -0.2) is 40.1 Å². The Labute approximate surface area is 116 Å². The van der Waals surface area contributed by atoms with Crippen molar-refractivity contribution in [3.8, 4) is 0 Å². The maximum Gasteiger partial charge on any atom is 0.342 e. The van der Waals surface area contributed by atoms with Gasteiger partial charge in [0.25, 0.3) is 0 Å². The van der Waals surface area contributed by atoms with Crippen LogP contribution in [0.1, 0.15) is 20.3 Å². The smallest absolute Gasteiger partial charge is 0.342 e. The Kier molecular flexibility index (Phi) is 2.90. The molecular formula is C15H18O5. The summed E-state index contributed by atoms with van der Waals surface area (Å²) in [5, 5.41) is 29.3. The molecule has 0 aromatic carbocycles. The summed E-state index contributed by atoms with van der Waals surface area (Å²) in [6.45, 7) is 3.54. The van der Waals surface area contributed by atoms with E-state index in [0.717, 1.165) is 5.57 Å². The van der Waals surface area contributed by atoms with Gasteiger partial charge >= 0.3 is 5.97 Å². The van der Waals surface area contributed by atoms with Crippen molar-refractivity contribution in [3.63, 3.8) is 0 Å². The molecule has 0 radical (unpaired) electrons. The predicted molar refractivity (Wildman–Crippen MR) is 70.3 cm³/mol. The topological polar surface area (TPSA) is 87.0 Å². The first-order chi connectivity index (χ1) is 9.38. The Hall–Kier alpha value is -1.43. The molecule has 3 aliphatic rings. The molecule has 0 saturated carbocycles. The first kappa shape index (κ1) is 13.5. The molecule has 3 rings (SSSR count). The number of aliphatic hydroxyl groups excluding tert-OH is 3. The van der Waals surface area contributed by atoms with Crippen molar-refractivity contribution in [1.29, 1.82) is 0 Å². The lowest BCUT2D eigenvalue weighted by molar-refractivity contribution is -0.133. The molecule has 0 saturated heterocycles. The van der Waals surface area contributed by atoms with Gasteiger partial charge in [0.15, 0.2) is 0 Å². The van der Waals surface area contributed by atoms with Crippen molar-refractivity contribution in [1.82, 2.24) is 0 Å². The Morgan fingerprint density at radius 3 is 2.80 bits per heavy atom. The van der Waals surface area contributed by atoms with Crippen molar-refractivity contribution >= 4 is 5.97 Å². The zero-order chi connectivity index (χ0) is 14.7. The number of carbonyl (C=O) groups is 1. The summed E-state index contributed by atoms with van der Waals surface area (Å²) in [5.74, 6) is -0.220. The standard InChI is InChI=1S/C15H18O5/c1-7-13(18)11(17)3-8-4-12-9(5-15(7,8)2)10(6-16)14(19)20-12/h3-4,7,11,13,16-18H,5-6H2,1-2H3/t7-,11-,13+,15+/m0/s1. The third-order valence-corrected chi connectivity index (χ3v) is 4.98. The molecule has 0 aromatic rings. The highest BCUT2D eigenvalue weighted by Crippen LogP contribution is 2.53. The molecule has 0 fully saturated rings. The second-order valence-corrected chi connectivity index (χ2v) is 6.00. The number of esters is 1. The molecule has 3 N–H and O–H groups in total. The molecule has 0 aromatic heterocycles. The fourth-order valence-corrected chi connectivity index (χ4v) is 3.36. The van der Waals surface area contributed by atoms with Crippen LogP contribution in [0.4, 0.5) is 0 Å². The number of carbonyl (C=O) groups excluding carboxylic acids is 1. The summed E-state index contributed by atoms with van der Waals surface area (Å²) >= 11 is 0. The van der Waals surface area contributed by atoms with Crippen LogP contribution < -0.4 is 0 Å². The van der Waals surface area contributed by atoms with Gasteiger partial charge in [-0.1, -0.05) is 13.8 Å². The van der Waals surface area contributed by atoms with E-state index in [2.05, 4.69) is 0 Å².